The van der Waals surface area contributed by atoms with E-state index in [9.17, 15) is 9.00 Å². The van der Waals surface area contributed by atoms with Crippen LogP contribution in [0.3, 0.4) is 0 Å². The van der Waals surface area contributed by atoms with Gasteiger partial charge in [0.15, 0.2) is 5.82 Å². The molecule has 1 amide bonds. The summed E-state index contributed by atoms with van der Waals surface area (Å²) in [6, 6.07) is 16.1. The first-order chi connectivity index (χ1) is 14.6. The van der Waals surface area contributed by atoms with Gasteiger partial charge in [0.05, 0.1) is 0 Å². The number of carbonyl (C=O) groups excluding carboxylic acids is 1. The maximum absolute atomic E-state index is 15.6. The smallest absolute Gasteiger partial charge is 0.253 e. The molecule has 3 aromatic rings. The lowest BCUT2D eigenvalue weighted by molar-refractivity contribution is -0.117. The predicted molar refractivity (Wildman–Crippen MR) is 113 cm³/mol. The van der Waals surface area contributed by atoms with Crippen molar-refractivity contribution in [3.8, 4) is 11.5 Å². The molecule has 156 valence electrons. The van der Waals surface area contributed by atoms with Crippen molar-refractivity contribution in [3.05, 3.63) is 66.0 Å². The number of nitrogens with zero attached hydrogens (tertiary/aromatic N) is 1. The average molecular weight is 429 g/mol. The van der Waals surface area contributed by atoms with E-state index < -0.39 is 22.9 Å². The molecule has 0 radical (unpaired) electrons. The first-order valence-corrected chi connectivity index (χ1v) is 10.4. The molecule has 0 saturated carbocycles. The number of ether oxygens (including phenoxy) is 2. The van der Waals surface area contributed by atoms with Crippen LogP contribution in [0.15, 0.2) is 54.6 Å². The Balaban J connectivity index is 1.78. The van der Waals surface area contributed by atoms with Gasteiger partial charge < -0.3 is 15.2 Å². The molecule has 1 atom stereocenters. The van der Waals surface area contributed by atoms with Gasteiger partial charge >= 0.3 is 0 Å². The van der Waals surface area contributed by atoms with Gasteiger partial charge in [0.2, 0.25) is 11.2 Å². The lowest BCUT2D eigenvalue weighted by Crippen LogP contribution is -2.24. The average Bonchev–Trinajstić information content (AvgIpc) is 3.09. The van der Waals surface area contributed by atoms with Crippen molar-refractivity contribution in [3.63, 3.8) is 0 Å². The molecule has 3 N–H and O–H groups in total. The van der Waals surface area contributed by atoms with Crippen LogP contribution in [0, 0.1) is 5.82 Å². The van der Waals surface area contributed by atoms with Crippen LogP contribution in [0.25, 0.3) is 10.8 Å². The molecule has 3 aromatic carbocycles. The zero-order valence-corrected chi connectivity index (χ0v) is 16.8. The predicted octanol–water partition coefficient (Wildman–Crippen LogP) is 2.41. The minimum absolute atomic E-state index is 0.0360. The summed E-state index contributed by atoms with van der Waals surface area (Å²) >= 11 is -1.90. The fraction of sp³-hybridized carbons (Fsp3) is 0.190. The molecule has 30 heavy (non-hydrogen) atoms. The van der Waals surface area contributed by atoms with Crippen molar-refractivity contribution in [2.24, 2.45) is 5.73 Å². The van der Waals surface area contributed by atoms with Crippen LogP contribution in [-0.2, 0) is 22.6 Å². The largest absolute Gasteiger partial charge is 0.492 e. The van der Waals surface area contributed by atoms with Gasteiger partial charge in [0, 0.05) is 11.9 Å². The Labute approximate surface area is 175 Å². The standard InChI is InChI=1S/C21H20FN3O4S/c22-20-17-11-16(28-9-8-23)7-6-15(17)10-18(29-13-14-4-2-1-3-5-14)21(20)25-12-19(26)24-30(25)27/h1-7,10-11H,8-9,12-13,23H2,(H,24,26). The van der Waals surface area contributed by atoms with Crippen molar-refractivity contribution >= 4 is 33.5 Å². The Morgan fingerprint density at radius 1 is 1.13 bits per heavy atom. The van der Waals surface area contributed by atoms with Gasteiger partial charge in [-0.15, -0.1) is 0 Å². The second kappa shape index (κ2) is 8.68. The number of hydrogen-bond acceptors (Lipinski definition) is 5. The zero-order valence-electron chi connectivity index (χ0n) is 16.0. The van der Waals surface area contributed by atoms with Gasteiger partial charge in [-0.25, -0.2) is 8.60 Å². The highest BCUT2D eigenvalue weighted by Gasteiger charge is 2.32. The summed E-state index contributed by atoms with van der Waals surface area (Å²) in [6.07, 6.45) is 0. The highest BCUT2D eigenvalue weighted by molar-refractivity contribution is 7.85. The van der Waals surface area contributed by atoms with E-state index in [0.717, 1.165) is 9.87 Å². The molecular weight excluding hydrogens is 409 g/mol. The zero-order chi connectivity index (χ0) is 21.1. The Bertz CT molecular complexity index is 1110. The van der Waals surface area contributed by atoms with E-state index in [1.807, 2.05) is 30.3 Å². The van der Waals surface area contributed by atoms with Crippen LogP contribution in [0.4, 0.5) is 10.1 Å². The van der Waals surface area contributed by atoms with Crippen molar-refractivity contribution < 1.29 is 22.9 Å². The molecule has 1 heterocycles. The molecule has 1 saturated heterocycles. The van der Waals surface area contributed by atoms with E-state index >= 15 is 4.39 Å². The Morgan fingerprint density at radius 3 is 2.63 bits per heavy atom. The maximum atomic E-state index is 15.6. The number of nitrogens with one attached hydrogen (secondary N) is 1. The highest BCUT2D eigenvalue weighted by atomic mass is 32.2. The fourth-order valence-corrected chi connectivity index (χ4v) is 4.12. The second-order valence-electron chi connectivity index (χ2n) is 6.64. The third-order valence-electron chi connectivity index (χ3n) is 4.55. The Kier molecular flexibility index (Phi) is 5.82. The van der Waals surface area contributed by atoms with Gasteiger partial charge in [-0.3, -0.25) is 13.8 Å². The quantitative estimate of drug-likeness (QED) is 0.602. The van der Waals surface area contributed by atoms with Crippen LogP contribution in [0.5, 0.6) is 11.5 Å². The minimum Gasteiger partial charge on any atom is -0.492 e. The topological polar surface area (TPSA) is 93.9 Å². The molecule has 1 aliphatic heterocycles. The number of anilines is 1. The SMILES string of the molecule is NCCOc1ccc2cc(OCc3ccccc3)c(N3CC(=O)NS3=O)c(F)c2c1. The molecule has 0 aliphatic carbocycles. The molecule has 0 bridgehead atoms. The van der Waals surface area contributed by atoms with E-state index in [-0.39, 0.29) is 30.0 Å². The molecule has 1 fully saturated rings. The van der Waals surface area contributed by atoms with Gasteiger partial charge in [0.1, 0.15) is 36.9 Å². The van der Waals surface area contributed by atoms with E-state index in [1.54, 1.807) is 24.3 Å². The molecule has 7 nitrogen and oxygen atoms in total. The van der Waals surface area contributed by atoms with Crippen LogP contribution < -0.4 is 24.2 Å². The van der Waals surface area contributed by atoms with Gasteiger partial charge in [0.25, 0.3) is 5.91 Å². The lowest BCUT2D eigenvalue weighted by atomic mass is 10.1. The first-order valence-electron chi connectivity index (χ1n) is 9.31. The minimum atomic E-state index is -1.90. The summed E-state index contributed by atoms with van der Waals surface area (Å²) in [5, 5.41) is 0.853. The first kappa shape index (κ1) is 20.1. The third-order valence-corrected chi connectivity index (χ3v) is 5.67. The number of nitrogens with two attached hydrogens (primary N) is 1. The van der Waals surface area contributed by atoms with E-state index in [0.29, 0.717) is 24.3 Å². The molecular formula is C21H20FN3O4S. The normalized spacial score (nSPS) is 16.0. The summed E-state index contributed by atoms with van der Waals surface area (Å²) < 4.78 is 42.8. The van der Waals surface area contributed by atoms with Crippen LogP contribution in [-0.4, -0.2) is 29.8 Å². The third kappa shape index (κ3) is 4.07. The molecule has 1 unspecified atom stereocenters. The summed E-state index contributed by atoms with van der Waals surface area (Å²) in [5.41, 5.74) is 6.32. The van der Waals surface area contributed by atoms with Crippen LogP contribution in [0.1, 0.15) is 5.56 Å². The van der Waals surface area contributed by atoms with Gasteiger partial charge in [-0.05, 0) is 29.1 Å². The van der Waals surface area contributed by atoms with Crippen molar-refractivity contribution in [2.45, 2.75) is 6.61 Å². The monoisotopic (exact) mass is 429 g/mol. The highest BCUT2D eigenvalue weighted by Crippen LogP contribution is 2.40. The van der Waals surface area contributed by atoms with Crippen LogP contribution >= 0.6 is 0 Å². The number of carbonyl (C=O) groups is 1. The molecule has 1 aliphatic rings. The summed E-state index contributed by atoms with van der Waals surface area (Å²) in [6.45, 7) is 0.587. The number of benzene rings is 3. The lowest BCUT2D eigenvalue weighted by Gasteiger charge is -2.21. The van der Waals surface area contributed by atoms with Gasteiger partial charge in [-0.1, -0.05) is 36.4 Å². The van der Waals surface area contributed by atoms with Crippen molar-refractivity contribution in [1.29, 1.82) is 0 Å². The maximum Gasteiger partial charge on any atom is 0.253 e. The fourth-order valence-electron chi connectivity index (χ4n) is 3.18. The van der Waals surface area contributed by atoms with E-state index in [1.165, 1.54) is 0 Å². The number of hydrogen-bond donors (Lipinski definition) is 2. The molecule has 0 spiro atoms. The van der Waals surface area contributed by atoms with Crippen molar-refractivity contribution in [2.75, 3.05) is 24.0 Å². The second-order valence-corrected chi connectivity index (χ2v) is 7.79. The number of amides is 1. The molecule has 4 rings (SSSR count). The number of fused-ring (bicyclic) bond motifs is 1. The Morgan fingerprint density at radius 2 is 1.93 bits per heavy atom. The summed E-state index contributed by atoms with van der Waals surface area (Å²) in [7, 11) is 0. The number of rotatable bonds is 7. The van der Waals surface area contributed by atoms with E-state index in [4.69, 9.17) is 15.2 Å². The van der Waals surface area contributed by atoms with Crippen molar-refractivity contribution in [1.82, 2.24) is 4.72 Å². The number of halogens is 1. The van der Waals surface area contributed by atoms with E-state index in [2.05, 4.69) is 4.72 Å². The summed E-state index contributed by atoms with van der Waals surface area (Å²) in [5.74, 6) is -0.433. The van der Waals surface area contributed by atoms with Crippen LogP contribution in [0.2, 0.25) is 0 Å². The van der Waals surface area contributed by atoms with Gasteiger partial charge in [-0.2, -0.15) is 0 Å². The molecule has 9 heteroatoms. The molecule has 0 aromatic heterocycles. The Hall–Kier alpha value is -3.17. The summed E-state index contributed by atoms with van der Waals surface area (Å²) in [4.78, 5) is 11.7.